The van der Waals surface area contributed by atoms with E-state index in [1.54, 1.807) is 5.48 Å². The predicted molar refractivity (Wildman–Crippen MR) is 59.2 cm³/mol. The molecule has 0 atom stereocenters. The van der Waals surface area contributed by atoms with E-state index in [1.807, 2.05) is 0 Å². The van der Waals surface area contributed by atoms with Crippen molar-refractivity contribution >= 4 is 29.2 Å². The summed E-state index contributed by atoms with van der Waals surface area (Å²) in [4.78, 5) is 35.9. The normalized spacial score (nSPS) is 9.83. The van der Waals surface area contributed by atoms with Crippen molar-refractivity contribution in [1.29, 1.82) is 0 Å². The summed E-state index contributed by atoms with van der Waals surface area (Å²) in [5.41, 5.74) is 0.994. The monoisotopic (exact) mass is 274 g/mol. The van der Waals surface area contributed by atoms with Crippen LogP contribution in [0.3, 0.4) is 0 Å². The number of carbonyl (C=O) groups excluding carboxylic acids is 1. The number of benzene rings is 1. The van der Waals surface area contributed by atoms with Crippen molar-refractivity contribution in [2.45, 2.75) is 0 Å². The second kappa shape index (κ2) is 5.94. The molecule has 8 nitrogen and oxygen atoms in total. The summed E-state index contributed by atoms with van der Waals surface area (Å²) in [6.07, 6.45) is 0. The van der Waals surface area contributed by atoms with E-state index < -0.39 is 29.1 Å². The lowest BCUT2D eigenvalue weighted by Crippen LogP contribution is -2.27. The molecule has 1 rings (SSSR count). The van der Waals surface area contributed by atoms with Gasteiger partial charge in [0.1, 0.15) is 5.56 Å². The molecule has 0 unspecified atom stereocenters. The highest BCUT2D eigenvalue weighted by atomic mass is 35.5. The van der Waals surface area contributed by atoms with Crippen LogP contribution in [-0.2, 0) is 9.63 Å². The third kappa shape index (κ3) is 3.68. The van der Waals surface area contributed by atoms with Crippen LogP contribution in [0.2, 0.25) is 5.02 Å². The van der Waals surface area contributed by atoms with Crippen molar-refractivity contribution in [2.75, 3.05) is 6.61 Å². The highest BCUT2D eigenvalue weighted by Crippen LogP contribution is 2.22. The van der Waals surface area contributed by atoms with Gasteiger partial charge >= 0.3 is 5.97 Å². The van der Waals surface area contributed by atoms with Crippen molar-refractivity contribution in [3.8, 4) is 0 Å². The average molecular weight is 275 g/mol. The highest BCUT2D eigenvalue weighted by Gasteiger charge is 2.20. The molecule has 0 aliphatic heterocycles. The summed E-state index contributed by atoms with van der Waals surface area (Å²) in [6.45, 7) is -0.757. The van der Waals surface area contributed by atoms with Crippen LogP contribution in [0.1, 0.15) is 10.4 Å². The number of hydroxylamine groups is 1. The maximum Gasteiger partial charge on any atom is 0.332 e. The smallest absolute Gasteiger partial charge is 0.332 e. The van der Waals surface area contributed by atoms with Crippen molar-refractivity contribution < 1.29 is 24.5 Å². The predicted octanol–water partition coefficient (Wildman–Crippen LogP) is 0.994. The Bertz CT molecular complexity index is 504. The standard InChI is InChI=1S/C9H7ClN2O6/c10-5-1-2-6(7(3-5)12(16)17)9(15)11-18-4-8(13)14/h1-3H,4H2,(H,11,15)(H,13,14). The van der Waals surface area contributed by atoms with Gasteiger partial charge in [-0.3, -0.25) is 19.7 Å². The first-order valence-electron chi connectivity index (χ1n) is 4.49. The Labute approximate surface area is 105 Å². The number of hydrogen-bond donors (Lipinski definition) is 2. The van der Waals surface area contributed by atoms with Crippen LogP contribution in [0.15, 0.2) is 18.2 Å². The van der Waals surface area contributed by atoms with Gasteiger partial charge in [0.05, 0.1) is 4.92 Å². The van der Waals surface area contributed by atoms with E-state index in [0.717, 1.165) is 12.1 Å². The van der Waals surface area contributed by atoms with Crippen LogP contribution >= 0.6 is 11.6 Å². The number of carboxylic acids is 1. The van der Waals surface area contributed by atoms with Gasteiger partial charge in [-0.15, -0.1) is 0 Å². The summed E-state index contributed by atoms with van der Waals surface area (Å²) >= 11 is 5.57. The molecule has 2 N–H and O–H groups in total. The molecule has 0 aliphatic rings. The van der Waals surface area contributed by atoms with Crippen molar-refractivity contribution in [3.05, 3.63) is 38.9 Å². The zero-order valence-corrected chi connectivity index (χ0v) is 9.51. The molecule has 0 bridgehead atoms. The van der Waals surface area contributed by atoms with Crippen LogP contribution in [-0.4, -0.2) is 28.5 Å². The number of nitro groups is 1. The molecule has 9 heteroatoms. The topological polar surface area (TPSA) is 119 Å². The minimum atomic E-state index is -1.29. The first kappa shape index (κ1) is 13.9. The number of nitro benzene ring substituents is 1. The van der Waals surface area contributed by atoms with E-state index in [2.05, 4.69) is 4.84 Å². The van der Waals surface area contributed by atoms with E-state index in [9.17, 15) is 19.7 Å². The number of halogens is 1. The van der Waals surface area contributed by atoms with Gasteiger partial charge in [0.15, 0.2) is 6.61 Å². The summed E-state index contributed by atoms with van der Waals surface area (Å²) in [5.74, 6) is -2.22. The van der Waals surface area contributed by atoms with Crippen LogP contribution in [0.4, 0.5) is 5.69 Å². The molecule has 1 aromatic rings. The van der Waals surface area contributed by atoms with Crippen molar-refractivity contribution in [1.82, 2.24) is 5.48 Å². The molecule has 0 aliphatic carbocycles. The third-order valence-corrected chi connectivity index (χ3v) is 2.00. The summed E-state index contributed by atoms with van der Waals surface area (Å²) in [5, 5.41) is 19.1. The van der Waals surface area contributed by atoms with E-state index in [0.29, 0.717) is 0 Å². The number of carbonyl (C=O) groups is 2. The molecule has 0 fully saturated rings. The van der Waals surface area contributed by atoms with Crippen molar-refractivity contribution in [3.63, 3.8) is 0 Å². The number of aliphatic carboxylic acids is 1. The summed E-state index contributed by atoms with van der Waals surface area (Å²) in [7, 11) is 0. The fourth-order valence-electron chi connectivity index (χ4n) is 1.07. The first-order valence-corrected chi connectivity index (χ1v) is 4.87. The Hall–Kier alpha value is -2.19. The fraction of sp³-hybridized carbons (Fsp3) is 0.111. The van der Waals surface area contributed by atoms with Gasteiger partial charge in [-0.1, -0.05) is 11.6 Å². The molecule has 0 saturated carbocycles. The fourth-order valence-corrected chi connectivity index (χ4v) is 1.23. The van der Waals surface area contributed by atoms with Gasteiger partial charge in [-0.25, -0.2) is 10.3 Å². The molecule has 0 radical (unpaired) electrons. The van der Waals surface area contributed by atoms with Crippen LogP contribution in [0, 0.1) is 10.1 Å². The Morgan fingerprint density at radius 2 is 2.17 bits per heavy atom. The van der Waals surface area contributed by atoms with Gasteiger partial charge in [-0.05, 0) is 12.1 Å². The van der Waals surface area contributed by atoms with E-state index in [4.69, 9.17) is 16.7 Å². The lowest BCUT2D eigenvalue weighted by Gasteiger charge is -2.04. The van der Waals surface area contributed by atoms with E-state index in [1.165, 1.54) is 6.07 Å². The van der Waals surface area contributed by atoms with Gasteiger partial charge in [0, 0.05) is 11.1 Å². The second-order valence-electron chi connectivity index (χ2n) is 3.03. The minimum absolute atomic E-state index is 0.102. The number of carboxylic acid groups (broad SMARTS) is 1. The number of nitrogens with zero attached hydrogens (tertiary/aromatic N) is 1. The quantitative estimate of drug-likeness (QED) is 0.610. The SMILES string of the molecule is O=C(O)CONC(=O)c1ccc(Cl)cc1[N+](=O)[O-]. The van der Waals surface area contributed by atoms with Crippen LogP contribution in [0.5, 0.6) is 0 Å². The average Bonchev–Trinajstić information content (AvgIpc) is 2.28. The Morgan fingerprint density at radius 1 is 1.50 bits per heavy atom. The van der Waals surface area contributed by atoms with Gasteiger partial charge < -0.3 is 5.11 Å². The van der Waals surface area contributed by atoms with Crippen LogP contribution < -0.4 is 5.48 Å². The van der Waals surface area contributed by atoms with Gasteiger partial charge in [0.2, 0.25) is 0 Å². The maximum absolute atomic E-state index is 11.5. The molecule has 1 aromatic carbocycles. The largest absolute Gasteiger partial charge is 0.479 e. The Balaban J connectivity index is 2.85. The minimum Gasteiger partial charge on any atom is -0.479 e. The van der Waals surface area contributed by atoms with Crippen molar-refractivity contribution in [2.24, 2.45) is 0 Å². The van der Waals surface area contributed by atoms with Gasteiger partial charge in [-0.2, -0.15) is 0 Å². The molecule has 0 spiro atoms. The summed E-state index contributed by atoms with van der Waals surface area (Å²) < 4.78 is 0. The molecule has 96 valence electrons. The number of hydrogen-bond acceptors (Lipinski definition) is 5. The van der Waals surface area contributed by atoms with Crippen LogP contribution in [0.25, 0.3) is 0 Å². The summed E-state index contributed by atoms with van der Waals surface area (Å²) in [6, 6.07) is 3.44. The molecule has 0 aromatic heterocycles. The Kier molecular flexibility index (Phi) is 4.58. The lowest BCUT2D eigenvalue weighted by molar-refractivity contribution is -0.385. The zero-order valence-electron chi connectivity index (χ0n) is 8.75. The lowest BCUT2D eigenvalue weighted by atomic mass is 10.2. The van der Waals surface area contributed by atoms with E-state index in [-0.39, 0.29) is 10.6 Å². The molecule has 0 heterocycles. The highest BCUT2D eigenvalue weighted by molar-refractivity contribution is 6.31. The number of amides is 1. The number of nitrogens with one attached hydrogen (secondary N) is 1. The Morgan fingerprint density at radius 3 is 2.72 bits per heavy atom. The first-order chi connectivity index (χ1) is 8.41. The molecule has 0 saturated heterocycles. The molecular weight excluding hydrogens is 268 g/mol. The maximum atomic E-state index is 11.5. The molecular formula is C9H7ClN2O6. The third-order valence-electron chi connectivity index (χ3n) is 1.76. The second-order valence-corrected chi connectivity index (χ2v) is 3.47. The molecule has 18 heavy (non-hydrogen) atoms. The van der Waals surface area contributed by atoms with Gasteiger partial charge in [0.25, 0.3) is 11.6 Å². The molecule has 1 amide bonds. The van der Waals surface area contributed by atoms with E-state index >= 15 is 0 Å². The zero-order chi connectivity index (χ0) is 13.7. The number of rotatable bonds is 5.